The van der Waals surface area contributed by atoms with Crippen LogP contribution in [0.3, 0.4) is 0 Å². The predicted molar refractivity (Wildman–Crippen MR) is 66.4 cm³/mol. The first-order chi connectivity index (χ1) is 8.06. The molecule has 4 nitrogen and oxygen atoms in total. The van der Waals surface area contributed by atoms with E-state index in [1.807, 2.05) is 18.2 Å². The molecule has 1 aliphatic heterocycles. The van der Waals surface area contributed by atoms with E-state index in [9.17, 15) is 9.59 Å². The number of hydrogen-bond donors (Lipinski definition) is 1. The molecule has 2 rings (SSSR count). The molecule has 1 N–H and O–H groups in total. The Morgan fingerprint density at radius 3 is 3.00 bits per heavy atom. The Morgan fingerprint density at radius 2 is 2.29 bits per heavy atom. The van der Waals surface area contributed by atoms with Crippen LogP contribution in [0.1, 0.15) is 11.1 Å². The number of carbonyl (C=O) groups excluding carboxylic acids is 2. The zero-order chi connectivity index (χ0) is 12.4. The molecule has 0 radical (unpaired) electrons. The molecule has 0 spiro atoms. The lowest BCUT2D eigenvalue weighted by Gasteiger charge is -2.13. The zero-order valence-corrected chi connectivity index (χ0v) is 10.3. The lowest BCUT2D eigenvalue weighted by Crippen LogP contribution is -2.23. The van der Waals surface area contributed by atoms with Crippen LogP contribution in [-0.2, 0) is 17.6 Å². The standard InChI is InChI=1S/C12H13ClN2O2/c1-15(12(13)17)5-4-8-2-3-10-9(6-8)7-11(16)14-10/h2-3,6H,4-5,7H2,1H3,(H,14,16). The molecular formula is C12H13ClN2O2. The van der Waals surface area contributed by atoms with Gasteiger partial charge in [-0.15, -0.1) is 0 Å². The summed E-state index contributed by atoms with van der Waals surface area (Å²) in [4.78, 5) is 23.5. The van der Waals surface area contributed by atoms with Crippen LogP contribution >= 0.6 is 11.6 Å². The molecule has 0 atom stereocenters. The average Bonchev–Trinajstić information content (AvgIpc) is 2.64. The number of hydrogen-bond acceptors (Lipinski definition) is 2. The van der Waals surface area contributed by atoms with Gasteiger partial charge in [-0.1, -0.05) is 12.1 Å². The van der Waals surface area contributed by atoms with E-state index in [-0.39, 0.29) is 5.91 Å². The number of anilines is 1. The second-order valence-electron chi connectivity index (χ2n) is 4.14. The van der Waals surface area contributed by atoms with Gasteiger partial charge in [0, 0.05) is 19.3 Å². The first kappa shape index (κ1) is 11.9. The van der Waals surface area contributed by atoms with Crippen LogP contribution in [0.15, 0.2) is 18.2 Å². The summed E-state index contributed by atoms with van der Waals surface area (Å²) in [7, 11) is 1.66. The third-order valence-electron chi connectivity index (χ3n) is 2.83. The second-order valence-corrected chi connectivity index (χ2v) is 4.46. The van der Waals surface area contributed by atoms with Crippen molar-refractivity contribution in [3.8, 4) is 0 Å². The van der Waals surface area contributed by atoms with Gasteiger partial charge in [-0.3, -0.25) is 9.59 Å². The summed E-state index contributed by atoms with van der Waals surface area (Å²) < 4.78 is 0. The molecule has 0 bridgehead atoms. The number of nitrogens with one attached hydrogen (secondary N) is 1. The van der Waals surface area contributed by atoms with Gasteiger partial charge in [0.2, 0.25) is 5.91 Å². The lowest BCUT2D eigenvalue weighted by atomic mass is 10.1. The molecule has 1 aliphatic rings. The number of rotatable bonds is 3. The summed E-state index contributed by atoms with van der Waals surface area (Å²) in [5, 5.41) is 2.33. The van der Waals surface area contributed by atoms with Gasteiger partial charge < -0.3 is 10.2 Å². The van der Waals surface area contributed by atoms with E-state index in [2.05, 4.69) is 5.32 Å². The molecule has 17 heavy (non-hydrogen) atoms. The molecule has 2 amide bonds. The minimum Gasteiger partial charge on any atom is -0.332 e. The van der Waals surface area contributed by atoms with Gasteiger partial charge in [0.1, 0.15) is 0 Å². The molecule has 0 saturated carbocycles. The minimum absolute atomic E-state index is 0.0326. The van der Waals surface area contributed by atoms with Gasteiger partial charge in [-0.25, -0.2) is 0 Å². The number of benzene rings is 1. The van der Waals surface area contributed by atoms with Crippen molar-refractivity contribution in [1.29, 1.82) is 0 Å². The Bertz CT molecular complexity index is 474. The van der Waals surface area contributed by atoms with Crippen molar-refractivity contribution in [2.75, 3.05) is 18.9 Å². The number of nitrogens with zero attached hydrogens (tertiary/aromatic N) is 1. The molecular weight excluding hydrogens is 240 g/mol. The number of halogens is 1. The first-order valence-electron chi connectivity index (χ1n) is 5.38. The summed E-state index contributed by atoms with van der Waals surface area (Å²) in [5.41, 5.74) is 3.01. The summed E-state index contributed by atoms with van der Waals surface area (Å²) in [6, 6.07) is 5.86. The van der Waals surface area contributed by atoms with Crippen LogP contribution in [-0.4, -0.2) is 29.8 Å². The maximum Gasteiger partial charge on any atom is 0.316 e. The van der Waals surface area contributed by atoms with E-state index < -0.39 is 5.37 Å². The molecule has 90 valence electrons. The SMILES string of the molecule is CN(CCc1ccc2c(c1)CC(=O)N2)C(=O)Cl. The fourth-order valence-corrected chi connectivity index (χ4v) is 1.91. The third kappa shape index (κ3) is 2.77. The van der Waals surface area contributed by atoms with Crippen LogP contribution < -0.4 is 5.32 Å². The van der Waals surface area contributed by atoms with Crippen LogP contribution in [0.4, 0.5) is 10.5 Å². The van der Waals surface area contributed by atoms with Gasteiger partial charge >= 0.3 is 5.37 Å². The fraction of sp³-hybridized carbons (Fsp3) is 0.333. The summed E-state index contributed by atoms with van der Waals surface area (Å²) in [5.74, 6) is 0.0326. The van der Waals surface area contributed by atoms with Crippen molar-refractivity contribution in [2.24, 2.45) is 0 Å². The average molecular weight is 253 g/mol. The smallest absolute Gasteiger partial charge is 0.316 e. The third-order valence-corrected chi connectivity index (χ3v) is 3.12. The van der Waals surface area contributed by atoms with Gasteiger partial charge in [-0.05, 0) is 35.2 Å². The highest BCUT2D eigenvalue weighted by Crippen LogP contribution is 2.24. The van der Waals surface area contributed by atoms with Crippen molar-refractivity contribution in [3.05, 3.63) is 29.3 Å². The molecule has 1 heterocycles. The van der Waals surface area contributed by atoms with Crippen molar-refractivity contribution in [1.82, 2.24) is 4.90 Å². The molecule has 0 aromatic heterocycles. The van der Waals surface area contributed by atoms with E-state index in [4.69, 9.17) is 11.6 Å². The zero-order valence-electron chi connectivity index (χ0n) is 9.50. The summed E-state index contributed by atoms with van der Waals surface area (Å²) in [6.07, 6.45) is 1.17. The Hall–Kier alpha value is -1.55. The summed E-state index contributed by atoms with van der Waals surface area (Å²) >= 11 is 5.34. The molecule has 0 unspecified atom stereocenters. The second kappa shape index (κ2) is 4.75. The monoisotopic (exact) mass is 252 g/mol. The first-order valence-corrected chi connectivity index (χ1v) is 5.76. The minimum atomic E-state index is -0.456. The quantitative estimate of drug-likeness (QED) is 0.661. The van der Waals surface area contributed by atoms with Crippen molar-refractivity contribution in [2.45, 2.75) is 12.8 Å². The van der Waals surface area contributed by atoms with Crippen molar-refractivity contribution in [3.63, 3.8) is 0 Å². The summed E-state index contributed by atoms with van der Waals surface area (Å²) in [6.45, 7) is 0.572. The molecule has 1 aromatic rings. The van der Waals surface area contributed by atoms with E-state index in [1.165, 1.54) is 4.90 Å². The number of fused-ring (bicyclic) bond motifs is 1. The van der Waals surface area contributed by atoms with Crippen LogP contribution in [0.5, 0.6) is 0 Å². The Morgan fingerprint density at radius 1 is 1.53 bits per heavy atom. The lowest BCUT2D eigenvalue weighted by molar-refractivity contribution is -0.115. The molecule has 0 fully saturated rings. The number of likely N-dealkylation sites (N-methyl/N-ethyl adjacent to an activating group) is 1. The molecule has 1 aromatic carbocycles. The normalized spacial score (nSPS) is 13.2. The molecule has 0 aliphatic carbocycles. The van der Waals surface area contributed by atoms with Gasteiger partial charge in [0.25, 0.3) is 0 Å². The topological polar surface area (TPSA) is 49.4 Å². The Labute approximate surface area is 105 Å². The highest BCUT2D eigenvalue weighted by Gasteiger charge is 2.17. The highest BCUT2D eigenvalue weighted by atomic mass is 35.5. The van der Waals surface area contributed by atoms with E-state index >= 15 is 0 Å². The van der Waals surface area contributed by atoms with E-state index in [0.717, 1.165) is 23.2 Å². The predicted octanol–water partition coefficient (Wildman–Crippen LogP) is 2.01. The maximum absolute atomic E-state index is 11.2. The van der Waals surface area contributed by atoms with E-state index in [1.54, 1.807) is 7.05 Å². The van der Waals surface area contributed by atoms with Crippen molar-refractivity contribution >= 4 is 28.6 Å². The molecule has 5 heteroatoms. The van der Waals surface area contributed by atoms with Crippen LogP contribution in [0, 0.1) is 0 Å². The van der Waals surface area contributed by atoms with E-state index in [0.29, 0.717) is 13.0 Å². The maximum atomic E-state index is 11.2. The number of carbonyl (C=O) groups is 2. The molecule has 0 saturated heterocycles. The largest absolute Gasteiger partial charge is 0.332 e. The van der Waals surface area contributed by atoms with Crippen LogP contribution in [0.2, 0.25) is 0 Å². The van der Waals surface area contributed by atoms with Crippen LogP contribution in [0.25, 0.3) is 0 Å². The Kier molecular flexibility index (Phi) is 3.33. The number of amides is 2. The van der Waals surface area contributed by atoms with Gasteiger partial charge in [0.05, 0.1) is 6.42 Å². The van der Waals surface area contributed by atoms with Gasteiger partial charge in [0.15, 0.2) is 0 Å². The fourth-order valence-electron chi connectivity index (χ4n) is 1.82. The van der Waals surface area contributed by atoms with Crippen molar-refractivity contribution < 1.29 is 9.59 Å². The Balaban J connectivity index is 2.02. The highest BCUT2D eigenvalue weighted by molar-refractivity contribution is 6.62. The van der Waals surface area contributed by atoms with Gasteiger partial charge in [-0.2, -0.15) is 0 Å².